The predicted octanol–water partition coefficient (Wildman–Crippen LogP) is 1.11. The van der Waals surface area contributed by atoms with Gasteiger partial charge in [0.1, 0.15) is 11.8 Å². The Kier molecular flexibility index (Phi) is 4.22. The summed E-state index contributed by atoms with van der Waals surface area (Å²) in [5, 5.41) is 24.3. The number of amides is 1. The fraction of sp³-hybridized carbons (Fsp3) is 0.214. The third-order valence-electron chi connectivity index (χ3n) is 2.93. The number of nitrogens with one attached hydrogen (secondary N) is 1. The Morgan fingerprint density at radius 2 is 2.00 bits per heavy atom. The van der Waals surface area contributed by atoms with Gasteiger partial charge in [-0.1, -0.05) is 17.3 Å². The van der Waals surface area contributed by atoms with E-state index >= 15 is 0 Å². The van der Waals surface area contributed by atoms with E-state index in [1.54, 1.807) is 19.1 Å². The van der Waals surface area contributed by atoms with Gasteiger partial charge < -0.3 is 20.1 Å². The summed E-state index contributed by atoms with van der Waals surface area (Å²) in [4.78, 5) is 23.2. The van der Waals surface area contributed by atoms with Crippen molar-refractivity contribution in [3.63, 3.8) is 0 Å². The molecule has 1 atom stereocenters. The second kappa shape index (κ2) is 6.08. The molecule has 0 bridgehead atoms. The molecular weight excluding hydrogens is 276 g/mol. The van der Waals surface area contributed by atoms with Gasteiger partial charge in [0.2, 0.25) is 5.76 Å². The lowest BCUT2D eigenvalue weighted by atomic mass is 10.1. The first kappa shape index (κ1) is 14.6. The molecule has 2 rings (SSSR count). The molecular formula is C14H14N2O5. The minimum absolute atomic E-state index is 0.00745. The van der Waals surface area contributed by atoms with Crippen LogP contribution in [0.5, 0.6) is 5.75 Å². The molecule has 3 N–H and O–H groups in total. The van der Waals surface area contributed by atoms with Crippen molar-refractivity contribution in [2.75, 3.05) is 0 Å². The van der Waals surface area contributed by atoms with Crippen LogP contribution < -0.4 is 5.32 Å². The highest BCUT2D eigenvalue weighted by Crippen LogP contribution is 2.12. The van der Waals surface area contributed by atoms with Crippen LogP contribution in [0.2, 0.25) is 0 Å². The quantitative estimate of drug-likeness (QED) is 0.760. The molecule has 7 heteroatoms. The maximum atomic E-state index is 11.9. The van der Waals surface area contributed by atoms with Crippen molar-refractivity contribution < 1.29 is 24.3 Å². The molecule has 0 saturated carbocycles. The highest BCUT2D eigenvalue weighted by Gasteiger charge is 2.24. The Bertz CT molecular complexity index is 648. The lowest BCUT2D eigenvalue weighted by molar-refractivity contribution is -0.139. The maximum absolute atomic E-state index is 11.9. The molecule has 0 saturated heterocycles. The molecule has 21 heavy (non-hydrogen) atoms. The summed E-state index contributed by atoms with van der Waals surface area (Å²) >= 11 is 0. The van der Waals surface area contributed by atoms with Crippen LogP contribution in [-0.2, 0) is 11.2 Å². The summed E-state index contributed by atoms with van der Waals surface area (Å²) in [6.45, 7) is 1.64. The molecule has 2 aromatic rings. The maximum Gasteiger partial charge on any atom is 0.326 e. The summed E-state index contributed by atoms with van der Waals surface area (Å²) in [6, 6.07) is 4.99. The molecule has 1 heterocycles. The number of phenols is 1. The van der Waals surface area contributed by atoms with Crippen LogP contribution in [-0.4, -0.2) is 33.3 Å². The minimum atomic E-state index is -1.16. The summed E-state index contributed by atoms with van der Waals surface area (Å²) in [5.74, 6) is -1.70. The van der Waals surface area contributed by atoms with E-state index in [2.05, 4.69) is 10.5 Å². The van der Waals surface area contributed by atoms with Crippen molar-refractivity contribution in [1.82, 2.24) is 10.5 Å². The van der Waals surface area contributed by atoms with E-state index in [1.807, 2.05) is 0 Å². The predicted molar refractivity (Wildman–Crippen MR) is 71.9 cm³/mol. The SMILES string of the molecule is Cc1cnoc1C(=O)NC(Cc1ccc(O)cc1)C(=O)O. The van der Waals surface area contributed by atoms with Gasteiger partial charge in [-0.3, -0.25) is 4.79 Å². The van der Waals surface area contributed by atoms with E-state index in [4.69, 9.17) is 4.52 Å². The number of aromatic hydroxyl groups is 1. The van der Waals surface area contributed by atoms with Gasteiger partial charge in [-0.15, -0.1) is 0 Å². The zero-order chi connectivity index (χ0) is 15.4. The van der Waals surface area contributed by atoms with E-state index in [0.29, 0.717) is 11.1 Å². The van der Waals surface area contributed by atoms with Gasteiger partial charge in [0.05, 0.1) is 6.20 Å². The van der Waals surface area contributed by atoms with Crippen LogP contribution in [0.25, 0.3) is 0 Å². The van der Waals surface area contributed by atoms with Crippen molar-refractivity contribution >= 4 is 11.9 Å². The van der Waals surface area contributed by atoms with E-state index in [9.17, 15) is 19.8 Å². The molecule has 0 radical (unpaired) electrons. The standard InChI is InChI=1S/C14H14N2O5/c1-8-7-15-21-12(8)13(18)16-11(14(19)20)6-9-2-4-10(17)5-3-9/h2-5,7,11,17H,6H2,1H3,(H,16,18)(H,19,20). The number of carboxylic acids is 1. The number of hydrogen-bond donors (Lipinski definition) is 3. The molecule has 0 aliphatic heterocycles. The zero-order valence-electron chi connectivity index (χ0n) is 11.2. The highest BCUT2D eigenvalue weighted by atomic mass is 16.5. The van der Waals surface area contributed by atoms with Crippen LogP contribution >= 0.6 is 0 Å². The number of aliphatic carboxylic acids is 1. The first-order chi connectivity index (χ1) is 9.97. The number of aryl methyl sites for hydroxylation is 1. The average Bonchev–Trinajstić information content (AvgIpc) is 2.86. The largest absolute Gasteiger partial charge is 0.508 e. The number of carboxylic acid groups (broad SMARTS) is 1. The van der Waals surface area contributed by atoms with Crippen LogP contribution in [0.15, 0.2) is 35.0 Å². The summed E-state index contributed by atoms with van der Waals surface area (Å²) < 4.78 is 4.78. The molecule has 0 fully saturated rings. The topological polar surface area (TPSA) is 113 Å². The van der Waals surface area contributed by atoms with E-state index in [-0.39, 0.29) is 17.9 Å². The second-order valence-corrected chi connectivity index (χ2v) is 4.57. The number of aromatic nitrogens is 1. The van der Waals surface area contributed by atoms with Crippen molar-refractivity contribution in [2.24, 2.45) is 0 Å². The van der Waals surface area contributed by atoms with Gasteiger partial charge in [0, 0.05) is 12.0 Å². The van der Waals surface area contributed by atoms with E-state index in [1.165, 1.54) is 18.3 Å². The number of phenolic OH excluding ortho intramolecular Hbond substituents is 1. The smallest absolute Gasteiger partial charge is 0.326 e. The number of hydrogen-bond acceptors (Lipinski definition) is 5. The van der Waals surface area contributed by atoms with Gasteiger partial charge in [-0.2, -0.15) is 0 Å². The normalized spacial score (nSPS) is 11.9. The van der Waals surface area contributed by atoms with Crippen molar-refractivity contribution in [3.05, 3.63) is 47.3 Å². The molecule has 0 aliphatic carbocycles. The fourth-order valence-electron chi connectivity index (χ4n) is 1.80. The number of carbonyl (C=O) groups excluding carboxylic acids is 1. The van der Waals surface area contributed by atoms with E-state index < -0.39 is 17.9 Å². The molecule has 0 spiro atoms. The lowest BCUT2D eigenvalue weighted by Gasteiger charge is -2.13. The Labute approximate surface area is 120 Å². The minimum Gasteiger partial charge on any atom is -0.508 e. The molecule has 110 valence electrons. The van der Waals surface area contributed by atoms with Crippen LogP contribution in [0.3, 0.4) is 0 Å². The third kappa shape index (κ3) is 3.59. The average molecular weight is 290 g/mol. The summed E-state index contributed by atoms with van der Waals surface area (Å²) in [6.07, 6.45) is 1.47. The molecule has 1 unspecified atom stereocenters. The van der Waals surface area contributed by atoms with Crippen LogP contribution in [0.1, 0.15) is 21.7 Å². The molecule has 0 aliphatic rings. The van der Waals surface area contributed by atoms with Crippen LogP contribution in [0.4, 0.5) is 0 Å². The number of nitrogens with zero attached hydrogens (tertiary/aromatic N) is 1. The van der Waals surface area contributed by atoms with Crippen LogP contribution in [0, 0.1) is 6.92 Å². The molecule has 7 nitrogen and oxygen atoms in total. The Morgan fingerprint density at radius 1 is 1.33 bits per heavy atom. The first-order valence-electron chi connectivity index (χ1n) is 6.20. The van der Waals surface area contributed by atoms with Gasteiger partial charge in [0.25, 0.3) is 5.91 Å². The van der Waals surface area contributed by atoms with Gasteiger partial charge >= 0.3 is 5.97 Å². The second-order valence-electron chi connectivity index (χ2n) is 4.57. The number of carbonyl (C=O) groups is 2. The van der Waals surface area contributed by atoms with E-state index in [0.717, 1.165) is 0 Å². The summed E-state index contributed by atoms with van der Waals surface area (Å²) in [5.41, 5.74) is 1.20. The Balaban J connectivity index is 2.09. The van der Waals surface area contributed by atoms with Gasteiger partial charge in [-0.05, 0) is 24.6 Å². The Morgan fingerprint density at radius 3 is 2.52 bits per heavy atom. The third-order valence-corrected chi connectivity index (χ3v) is 2.93. The zero-order valence-corrected chi connectivity index (χ0v) is 11.2. The number of benzene rings is 1. The monoisotopic (exact) mass is 290 g/mol. The molecule has 1 amide bonds. The van der Waals surface area contributed by atoms with Crippen molar-refractivity contribution in [3.8, 4) is 5.75 Å². The van der Waals surface area contributed by atoms with Gasteiger partial charge in [0.15, 0.2) is 0 Å². The Hall–Kier alpha value is -2.83. The first-order valence-corrected chi connectivity index (χ1v) is 6.20. The lowest BCUT2D eigenvalue weighted by Crippen LogP contribution is -2.42. The highest BCUT2D eigenvalue weighted by molar-refractivity contribution is 5.95. The molecule has 1 aromatic heterocycles. The van der Waals surface area contributed by atoms with Gasteiger partial charge in [-0.25, -0.2) is 4.79 Å². The molecule has 1 aromatic carbocycles. The summed E-state index contributed by atoms with van der Waals surface area (Å²) in [7, 11) is 0. The number of rotatable bonds is 5. The van der Waals surface area contributed by atoms with Crippen molar-refractivity contribution in [1.29, 1.82) is 0 Å². The van der Waals surface area contributed by atoms with Crippen molar-refractivity contribution in [2.45, 2.75) is 19.4 Å². The fourth-order valence-corrected chi connectivity index (χ4v) is 1.80.